The van der Waals surface area contributed by atoms with Crippen LogP contribution in [0.5, 0.6) is 0 Å². The van der Waals surface area contributed by atoms with Gasteiger partial charge < -0.3 is 46.6 Å². The van der Waals surface area contributed by atoms with Gasteiger partial charge in [0.25, 0.3) is 0 Å². The summed E-state index contributed by atoms with van der Waals surface area (Å²) in [5, 5.41) is 33.9. The summed E-state index contributed by atoms with van der Waals surface area (Å²) in [6.45, 7) is 5.81. The Labute approximate surface area is 297 Å². The van der Waals surface area contributed by atoms with E-state index in [0.29, 0.717) is 19.3 Å². The molecule has 3 aliphatic heterocycles. The molecule has 1 aromatic carbocycles. The van der Waals surface area contributed by atoms with E-state index in [9.17, 15) is 43.8 Å². The number of carbonyl (C=O) groups is 7. The summed E-state index contributed by atoms with van der Waals surface area (Å²) in [5.41, 5.74) is 0.725. The number of benzene rings is 1. The fraction of sp³-hybridized carbons (Fsp3) is 0.629. The third kappa shape index (κ3) is 9.41. The van der Waals surface area contributed by atoms with Gasteiger partial charge in [0, 0.05) is 19.5 Å². The van der Waals surface area contributed by atoms with Crippen molar-refractivity contribution in [2.45, 2.75) is 115 Å². The van der Waals surface area contributed by atoms with Crippen LogP contribution in [-0.2, 0) is 40.0 Å². The molecule has 7 N–H and O–H groups in total. The number of hydrogen-bond acceptors (Lipinski definition) is 9. The average molecular weight is 714 g/mol. The van der Waals surface area contributed by atoms with E-state index in [1.807, 2.05) is 6.92 Å². The van der Waals surface area contributed by atoms with Crippen LogP contribution in [-0.4, -0.2) is 129 Å². The Balaban J connectivity index is 1.72. The number of carbonyl (C=O) groups excluding carboxylic acids is 7. The zero-order valence-electron chi connectivity index (χ0n) is 29.6. The fourth-order valence-electron chi connectivity index (χ4n) is 6.76. The van der Waals surface area contributed by atoms with E-state index in [1.54, 1.807) is 37.3 Å². The molecule has 51 heavy (non-hydrogen) atoms. The number of nitrogens with one attached hydrogen (secondary N) is 5. The zero-order valence-corrected chi connectivity index (χ0v) is 29.6. The van der Waals surface area contributed by atoms with Gasteiger partial charge in [-0.25, -0.2) is 0 Å². The summed E-state index contributed by atoms with van der Waals surface area (Å²) in [6, 6.07) is 0.500. The molecule has 3 fully saturated rings. The molecule has 4 rings (SSSR count). The molecule has 280 valence electrons. The Kier molecular flexibility index (Phi) is 13.5. The first-order valence-corrected chi connectivity index (χ1v) is 17.7. The lowest BCUT2D eigenvalue weighted by Crippen LogP contribution is -2.61. The Morgan fingerprint density at radius 1 is 0.706 bits per heavy atom. The molecule has 0 bridgehead atoms. The zero-order chi connectivity index (χ0) is 37.4. The fourth-order valence-corrected chi connectivity index (χ4v) is 6.76. The van der Waals surface area contributed by atoms with Crippen LogP contribution in [0.2, 0.25) is 0 Å². The summed E-state index contributed by atoms with van der Waals surface area (Å²) in [4.78, 5) is 98.1. The molecular weight excluding hydrogens is 662 g/mol. The van der Waals surface area contributed by atoms with Crippen LogP contribution in [0.15, 0.2) is 30.3 Å². The van der Waals surface area contributed by atoms with Gasteiger partial charge in [-0.3, -0.25) is 33.6 Å². The Bertz CT molecular complexity index is 1460. The normalized spacial score (nSPS) is 30.2. The van der Waals surface area contributed by atoms with E-state index in [0.717, 1.165) is 5.56 Å². The van der Waals surface area contributed by atoms with Crippen molar-refractivity contribution in [2.24, 2.45) is 5.92 Å². The summed E-state index contributed by atoms with van der Waals surface area (Å²) in [7, 11) is 0. The van der Waals surface area contributed by atoms with Crippen molar-refractivity contribution in [3.05, 3.63) is 35.9 Å². The number of nitrogens with zero attached hydrogens (tertiary/aromatic N) is 2. The molecule has 9 atom stereocenters. The molecule has 0 radical (unpaired) electrons. The van der Waals surface area contributed by atoms with Crippen molar-refractivity contribution < 1.29 is 43.8 Å². The lowest BCUT2D eigenvalue weighted by Gasteiger charge is -2.33. The first-order chi connectivity index (χ1) is 24.3. The highest BCUT2D eigenvalue weighted by molar-refractivity contribution is 5.99. The first-order valence-electron chi connectivity index (χ1n) is 17.7. The van der Waals surface area contributed by atoms with Crippen molar-refractivity contribution >= 4 is 41.4 Å². The number of hydrogen-bond donors (Lipinski definition) is 7. The second kappa shape index (κ2) is 17.6. The maximum atomic E-state index is 13.9. The van der Waals surface area contributed by atoms with Crippen molar-refractivity contribution in [1.82, 2.24) is 36.4 Å². The largest absolute Gasteiger partial charge is 0.394 e. The second-order valence-electron chi connectivity index (χ2n) is 13.7. The topological polar surface area (TPSA) is 227 Å². The lowest BCUT2D eigenvalue weighted by molar-refractivity contribution is -0.146. The molecule has 0 aliphatic carbocycles. The average Bonchev–Trinajstić information content (AvgIpc) is 3.81. The van der Waals surface area contributed by atoms with E-state index in [4.69, 9.17) is 0 Å². The summed E-state index contributed by atoms with van der Waals surface area (Å²) in [6.07, 6.45) is 0.540. The van der Waals surface area contributed by atoms with Crippen LogP contribution < -0.4 is 26.6 Å². The predicted molar refractivity (Wildman–Crippen MR) is 183 cm³/mol. The Hall–Kier alpha value is -4.57. The van der Waals surface area contributed by atoms with E-state index in [-0.39, 0.29) is 32.4 Å². The molecule has 16 nitrogen and oxygen atoms in total. The maximum Gasteiger partial charge on any atom is 0.248 e. The third-order valence-corrected chi connectivity index (χ3v) is 9.98. The Morgan fingerprint density at radius 2 is 1.25 bits per heavy atom. The van der Waals surface area contributed by atoms with E-state index < -0.39 is 102 Å². The minimum absolute atomic E-state index is 0.0631. The molecule has 7 amide bonds. The maximum absolute atomic E-state index is 13.9. The van der Waals surface area contributed by atoms with Gasteiger partial charge in [-0.15, -0.1) is 0 Å². The number of amides is 7. The lowest BCUT2D eigenvalue weighted by atomic mass is 9.96. The van der Waals surface area contributed by atoms with Gasteiger partial charge in [0.2, 0.25) is 41.4 Å². The molecule has 3 heterocycles. The predicted octanol–water partition coefficient (Wildman–Crippen LogP) is -1.91. The molecule has 0 aromatic heterocycles. The summed E-state index contributed by atoms with van der Waals surface area (Å²) < 4.78 is 0. The van der Waals surface area contributed by atoms with Crippen molar-refractivity contribution in [1.29, 1.82) is 0 Å². The molecule has 3 saturated heterocycles. The Morgan fingerprint density at radius 3 is 1.82 bits per heavy atom. The minimum Gasteiger partial charge on any atom is -0.394 e. The highest BCUT2D eigenvalue weighted by atomic mass is 16.3. The monoisotopic (exact) mass is 713 g/mol. The first kappa shape index (κ1) is 39.2. The molecule has 3 aliphatic rings. The number of aliphatic hydroxyl groups excluding tert-OH is 2. The highest BCUT2D eigenvalue weighted by Gasteiger charge is 2.43. The van der Waals surface area contributed by atoms with Crippen molar-refractivity contribution in [3.63, 3.8) is 0 Å². The second-order valence-corrected chi connectivity index (χ2v) is 13.7. The number of rotatable bonds is 6. The van der Waals surface area contributed by atoms with Gasteiger partial charge in [0.15, 0.2) is 0 Å². The van der Waals surface area contributed by atoms with Crippen LogP contribution >= 0.6 is 0 Å². The van der Waals surface area contributed by atoms with Crippen molar-refractivity contribution in [3.8, 4) is 0 Å². The molecule has 16 heteroatoms. The molecule has 0 spiro atoms. The standard InChI is InChI=1S/C35H51N7O9/c1-5-19(2)27-33(49)36-20(3)29(45)38-24(18-43)34(50)41-15-9-14-26(41)32(48)40-28(21(4)44)35(51)42-16-10-13-25(42)31(47)37-23(30(46)39-27)17-22-11-7-6-8-12-22/h6-8,11-12,19-21,23-28,43-44H,5,9-10,13-18H2,1-4H3,(H,36,49)(H,37,47)(H,38,45)(H,39,46)(H,40,48)/t19-,20-,21-,23-,24-,25-,26-,27-,28+/m0/s1. The quantitative estimate of drug-likeness (QED) is 0.174. The van der Waals surface area contributed by atoms with Crippen LogP contribution in [0.4, 0.5) is 0 Å². The van der Waals surface area contributed by atoms with E-state index >= 15 is 0 Å². The van der Waals surface area contributed by atoms with Crippen molar-refractivity contribution in [2.75, 3.05) is 19.7 Å². The van der Waals surface area contributed by atoms with Gasteiger partial charge >= 0.3 is 0 Å². The van der Waals surface area contributed by atoms with E-state index in [1.165, 1.54) is 23.6 Å². The molecule has 0 saturated carbocycles. The summed E-state index contributed by atoms with van der Waals surface area (Å²) >= 11 is 0. The SMILES string of the molecule is CC[C@H](C)[C@@H]1NC(=O)[C@H](Cc2ccccc2)NC(=O)[C@@H]2CCCN2C(=O)[C@@H]([C@H](C)O)NC(=O)[C@@H]2CCCN2C(=O)[C@H](CO)NC(=O)[C@H](C)NC1=O. The third-order valence-electron chi connectivity index (χ3n) is 9.98. The highest BCUT2D eigenvalue weighted by Crippen LogP contribution is 2.22. The number of fused-ring (bicyclic) bond motifs is 2. The van der Waals surface area contributed by atoms with Crippen LogP contribution in [0, 0.1) is 5.92 Å². The minimum atomic E-state index is -1.46. The van der Waals surface area contributed by atoms with Gasteiger partial charge in [-0.05, 0) is 51.0 Å². The smallest absolute Gasteiger partial charge is 0.248 e. The molecule has 1 aromatic rings. The van der Waals surface area contributed by atoms with Gasteiger partial charge in [0.1, 0.15) is 42.3 Å². The van der Waals surface area contributed by atoms with E-state index in [2.05, 4.69) is 26.6 Å². The van der Waals surface area contributed by atoms with Crippen LogP contribution in [0.1, 0.15) is 65.4 Å². The van der Waals surface area contributed by atoms with Gasteiger partial charge in [0.05, 0.1) is 12.7 Å². The van der Waals surface area contributed by atoms with Gasteiger partial charge in [-0.2, -0.15) is 0 Å². The number of aliphatic hydroxyl groups is 2. The van der Waals surface area contributed by atoms with Crippen LogP contribution in [0.25, 0.3) is 0 Å². The molecule has 0 unspecified atom stereocenters. The summed E-state index contributed by atoms with van der Waals surface area (Å²) in [5.74, 6) is -5.29. The molecular formula is C35H51N7O9. The van der Waals surface area contributed by atoms with Crippen LogP contribution in [0.3, 0.4) is 0 Å². The van der Waals surface area contributed by atoms with Gasteiger partial charge in [-0.1, -0.05) is 50.6 Å².